The molecule has 46 heavy (non-hydrogen) atoms. The third kappa shape index (κ3) is 40.2. The molecule has 0 aromatic heterocycles. The van der Waals surface area contributed by atoms with E-state index in [9.17, 15) is 0 Å². The molecule has 0 radical (unpaired) electrons. The normalized spacial score (nSPS) is 11.3. The zero-order valence-corrected chi connectivity index (χ0v) is 33.8. The van der Waals surface area contributed by atoms with Gasteiger partial charge in [-0.1, -0.05) is 235 Å². The van der Waals surface area contributed by atoms with E-state index in [0.29, 0.717) is 0 Å². The minimum atomic E-state index is 1.17. The van der Waals surface area contributed by atoms with Crippen LogP contribution in [0.2, 0.25) is 0 Å². The van der Waals surface area contributed by atoms with Gasteiger partial charge in [-0.15, -0.1) is 5.73 Å². The Hall–Kier alpha value is 0. The molecule has 0 bridgehead atoms. The lowest BCUT2D eigenvalue weighted by molar-refractivity contribution is 0.525. The second-order valence-electron chi connectivity index (χ2n) is 15.0. The Labute approximate surface area is 301 Å². The fourth-order valence-electron chi connectivity index (χ4n) is 6.95. The molecule has 0 spiro atoms. The van der Waals surface area contributed by atoms with Gasteiger partial charge in [0.15, 0.2) is 0 Å². The van der Waals surface area contributed by atoms with Crippen molar-refractivity contribution in [2.24, 2.45) is 0 Å². The average molecular weight is 708 g/mol. The monoisotopic (exact) mass is 707 g/mol. The largest absolute Gasteiger partial charge is 0.126 e. The molecule has 0 N–H and O–H groups in total. The predicted molar refractivity (Wildman–Crippen MR) is 217 cm³/mol. The van der Waals surface area contributed by atoms with Crippen molar-refractivity contribution in [3.05, 3.63) is 17.4 Å². The van der Waals surface area contributed by atoms with Crippen LogP contribution in [0.15, 0.2) is 17.4 Å². The molecule has 0 atom stereocenters. The highest BCUT2D eigenvalue weighted by atomic mass is 79.9. The topological polar surface area (TPSA) is 0 Å². The third-order valence-electron chi connectivity index (χ3n) is 10.2. The van der Waals surface area contributed by atoms with E-state index in [1.54, 1.807) is 5.57 Å². The number of hydrogen-bond acceptors (Lipinski definition) is 0. The van der Waals surface area contributed by atoms with Crippen molar-refractivity contribution in [2.75, 3.05) is 5.33 Å². The first-order valence-corrected chi connectivity index (χ1v) is 23.0. The zero-order valence-electron chi connectivity index (χ0n) is 32.2. The van der Waals surface area contributed by atoms with Gasteiger partial charge in [-0.2, -0.15) is 0 Å². The quantitative estimate of drug-likeness (QED) is 0.0338. The Bertz CT molecular complexity index is 600. The van der Waals surface area contributed by atoms with E-state index in [1.807, 2.05) is 0 Å². The number of hydrogen-bond donors (Lipinski definition) is 0. The van der Waals surface area contributed by atoms with Crippen LogP contribution in [0.4, 0.5) is 0 Å². The minimum absolute atomic E-state index is 1.17. The van der Waals surface area contributed by atoms with Crippen LogP contribution in [0.3, 0.4) is 0 Å². The summed E-state index contributed by atoms with van der Waals surface area (Å²) in [6, 6.07) is 0. The molecule has 0 aliphatic carbocycles. The summed E-state index contributed by atoms with van der Waals surface area (Å²) in [5.41, 5.74) is 5.46. The molecule has 0 saturated heterocycles. The smallest absolute Gasteiger partial charge is 0.00313 e. The molecule has 0 heterocycles. The lowest BCUT2D eigenvalue weighted by atomic mass is 9.99. The molecule has 0 aromatic rings. The molecule has 0 unspecified atom stereocenters. The molecule has 0 aromatic carbocycles. The molecule has 0 fully saturated rings. The molecule has 0 aliphatic heterocycles. The lowest BCUT2D eigenvalue weighted by Gasteiger charge is -2.07. The van der Waals surface area contributed by atoms with E-state index < -0.39 is 0 Å². The van der Waals surface area contributed by atoms with Gasteiger partial charge in [0.1, 0.15) is 0 Å². The summed E-state index contributed by atoms with van der Waals surface area (Å²) in [5, 5.41) is 1.17. The number of alkyl halides is 1. The molecule has 0 rings (SSSR count). The lowest BCUT2D eigenvalue weighted by Crippen LogP contribution is -1.88. The second kappa shape index (κ2) is 43.0. The summed E-state index contributed by atoms with van der Waals surface area (Å²) in [7, 11) is 0. The first-order chi connectivity index (χ1) is 22.8. The van der Waals surface area contributed by atoms with E-state index in [2.05, 4.69) is 41.6 Å². The zero-order chi connectivity index (χ0) is 33.3. The standard InChI is InChI=1S/C45H87Br/c1-3-5-7-9-11-13-15-16-17-18-19-20-21-22-23-24-26-30-34-38-42-45(43-39-35-31-27-28-32-36-40-44-46)41-37-33-29-25-14-12-10-8-6-4-2/h38H,3-37,39-41,43-44H2,1-2H3. The van der Waals surface area contributed by atoms with E-state index in [-0.39, 0.29) is 0 Å². The highest BCUT2D eigenvalue weighted by Crippen LogP contribution is 2.19. The van der Waals surface area contributed by atoms with Gasteiger partial charge in [0, 0.05) is 5.33 Å². The van der Waals surface area contributed by atoms with Crippen LogP contribution in [-0.2, 0) is 0 Å². The summed E-state index contributed by atoms with van der Waals surface area (Å²) < 4.78 is 0. The second-order valence-corrected chi connectivity index (χ2v) is 15.7. The third-order valence-corrected chi connectivity index (χ3v) is 10.8. The Kier molecular flexibility index (Phi) is 43.0. The van der Waals surface area contributed by atoms with Crippen LogP contribution < -0.4 is 0 Å². The van der Waals surface area contributed by atoms with Crippen molar-refractivity contribution in [3.8, 4) is 0 Å². The van der Waals surface area contributed by atoms with Crippen LogP contribution in [0, 0.1) is 0 Å². The van der Waals surface area contributed by atoms with Crippen molar-refractivity contribution in [1.29, 1.82) is 0 Å². The van der Waals surface area contributed by atoms with Crippen LogP contribution in [0.1, 0.15) is 264 Å². The molecule has 0 aliphatic rings. The maximum absolute atomic E-state index is 3.82. The Morgan fingerprint density at radius 3 is 0.913 bits per heavy atom. The van der Waals surface area contributed by atoms with Crippen molar-refractivity contribution in [3.63, 3.8) is 0 Å². The SMILES string of the molecule is CCCCCCCCCCCCCCCCCCCCC=C=C(CCCCCCCCCCBr)CCCCCCCCCCCC. The van der Waals surface area contributed by atoms with Gasteiger partial charge >= 0.3 is 0 Å². The van der Waals surface area contributed by atoms with Crippen molar-refractivity contribution in [1.82, 2.24) is 0 Å². The van der Waals surface area contributed by atoms with Crippen LogP contribution >= 0.6 is 15.9 Å². The maximum atomic E-state index is 3.82. The summed E-state index contributed by atoms with van der Waals surface area (Å²) in [4.78, 5) is 0. The molecular weight excluding hydrogens is 620 g/mol. The molecule has 0 amide bonds. The van der Waals surface area contributed by atoms with E-state index in [4.69, 9.17) is 0 Å². The maximum Gasteiger partial charge on any atom is 0.00313 e. The van der Waals surface area contributed by atoms with Crippen LogP contribution in [0.25, 0.3) is 0 Å². The summed E-state index contributed by atoms with van der Waals surface area (Å²) >= 11 is 3.56. The first-order valence-electron chi connectivity index (χ1n) is 21.8. The number of unbranched alkanes of at least 4 members (excludes halogenated alkanes) is 34. The minimum Gasteiger partial charge on any atom is -0.126 e. The highest BCUT2D eigenvalue weighted by molar-refractivity contribution is 9.09. The van der Waals surface area contributed by atoms with E-state index >= 15 is 0 Å². The Balaban J connectivity index is 3.92. The summed E-state index contributed by atoms with van der Waals surface area (Å²) in [6.07, 6.45) is 58.1. The highest BCUT2D eigenvalue weighted by Gasteiger charge is 2.00. The van der Waals surface area contributed by atoms with Gasteiger partial charge < -0.3 is 0 Å². The number of rotatable bonds is 40. The average Bonchev–Trinajstić information content (AvgIpc) is 3.07. The molecule has 0 saturated carbocycles. The fourth-order valence-corrected chi connectivity index (χ4v) is 7.35. The van der Waals surface area contributed by atoms with E-state index in [0.717, 1.165) is 0 Å². The molecule has 274 valence electrons. The molecular formula is C45H87Br. The van der Waals surface area contributed by atoms with Gasteiger partial charge in [-0.3, -0.25) is 0 Å². The van der Waals surface area contributed by atoms with E-state index in [1.165, 1.54) is 256 Å². The predicted octanol–water partition coefficient (Wildman–Crippen LogP) is 17.7. The first kappa shape index (κ1) is 46.0. The fraction of sp³-hybridized carbons (Fsp3) is 0.933. The number of allylic oxidation sites excluding steroid dienone is 1. The van der Waals surface area contributed by atoms with Gasteiger partial charge in [-0.25, -0.2) is 0 Å². The van der Waals surface area contributed by atoms with Crippen molar-refractivity contribution in [2.45, 2.75) is 264 Å². The molecule has 0 nitrogen and oxygen atoms in total. The van der Waals surface area contributed by atoms with Gasteiger partial charge in [0.2, 0.25) is 0 Å². The van der Waals surface area contributed by atoms with Gasteiger partial charge in [-0.05, 0) is 56.6 Å². The van der Waals surface area contributed by atoms with Gasteiger partial charge in [0.25, 0.3) is 0 Å². The summed E-state index contributed by atoms with van der Waals surface area (Å²) in [5.74, 6) is 0. The van der Waals surface area contributed by atoms with Crippen LogP contribution in [-0.4, -0.2) is 5.33 Å². The van der Waals surface area contributed by atoms with Crippen LogP contribution in [0.5, 0.6) is 0 Å². The van der Waals surface area contributed by atoms with Crippen molar-refractivity contribution < 1.29 is 0 Å². The Morgan fingerprint density at radius 2 is 0.609 bits per heavy atom. The molecule has 1 heteroatoms. The summed E-state index contributed by atoms with van der Waals surface area (Å²) in [6.45, 7) is 4.62. The van der Waals surface area contributed by atoms with Gasteiger partial charge in [0.05, 0.1) is 0 Å². The number of halogens is 1. The van der Waals surface area contributed by atoms with Crippen molar-refractivity contribution >= 4 is 15.9 Å². The Morgan fingerprint density at radius 1 is 0.348 bits per heavy atom.